The van der Waals surface area contributed by atoms with E-state index in [0.29, 0.717) is 43.0 Å². The van der Waals surface area contributed by atoms with Crippen LogP contribution in [-0.2, 0) is 16.1 Å². The average Bonchev–Trinajstić information content (AvgIpc) is 3.23. The summed E-state index contributed by atoms with van der Waals surface area (Å²) >= 11 is 25.6. The van der Waals surface area contributed by atoms with Crippen LogP contribution in [0, 0.1) is 0 Å². The van der Waals surface area contributed by atoms with Crippen LogP contribution in [-0.4, -0.2) is 32.4 Å². The number of rotatable bonds is 8. The molecular formula is C23H18Cl4N7O2S+. The summed E-state index contributed by atoms with van der Waals surface area (Å²) in [7, 11) is 0. The molecule has 0 bridgehead atoms. The fourth-order valence-corrected chi connectivity index (χ4v) is 4.88. The molecule has 0 saturated heterocycles. The van der Waals surface area contributed by atoms with Gasteiger partial charge in [0.05, 0.1) is 37.2 Å². The van der Waals surface area contributed by atoms with E-state index in [1.54, 1.807) is 65.4 Å². The summed E-state index contributed by atoms with van der Waals surface area (Å²) in [6.07, 6.45) is 1.70. The van der Waals surface area contributed by atoms with Crippen molar-refractivity contribution in [2.24, 2.45) is 0 Å². The number of carbonyl (C=O) groups excluding carboxylic acids is 2. The molecule has 37 heavy (non-hydrogen) atoms. The Kier molecular flexibility index (Phi) is 8.78. The number of anilines is 2. The highest BCUT2D eigenvalue weighted by Crippen LogP contribution is 2.31. The number of para-hydroxylation sites is 2. The van der Waals surface area contributed by atoms with Crippen LogP contribution < -0.4 is 21.0 Å². The van der Waals surface area contributed by atoms with Gasteiger partial charge in [0.2, 0.25) is 23.4 Å². The third-order valence-corrected chi connectivity index (χ3v) is 7.14. The van der Waals surface area contributed by atoms with E-state index in [1.165, 1.54) is 4.68 Å². The molecule has 9 nitrogen and oxygen atoms in total. The first-order valence-electron chi connectivity index (χ1n) is 10.5. The number of thioether (sulfide) groups is 1. The van der Waals surface area contributed by atoms with Gasteiger partial charge >= 0.3 is 0 Å². The number of halogens is 4. The number of nitrogen functional groups attached to an aromatic ring is 1. The van der Waals surface area contributed by atoms with Crippen molar-refractivity contribution in [2.75, 3.05) is 22.2 Å². The lowest BCUT2D eigenvalue weighted by atomic mass is 10.3. The first-order chi connectivity index (χ1) is 17.7. The second kappa shape index (κ2) is 12.0. The lowest BCUT2D eigenvalue weighted by Gasteiger charge is -2.09. The zero-order chi connectivity index (χ0) is 26.5. The van der Waals surface area contributed by atoms with E-state index in [4.69, 9.17) is 52.2 Å². The SMILES string of the molecule is Nn1c(SCC(=O)Nc2c(Cl)cccc2Cl)nnc1-c1cccc[n+]1CC(=O)Nc1c(Cl)cccc1Cl. The highest BCUT2D eigenvalue weighted by molar-refractivity contribution is 7.99. The number of nitrogens with one attached hydrogen (secondary N) is 2. The average molecular weight is 598 g/mol. The van der Waals surface area contributed by atoms with Crippen molar-refractivity contribution in [2.45, 2.75) is 11.7 Å². The molecule has 0 unspecified atom stereocenters. The molecule has 2 aromatic heterocycles. The summed E-state index contributed by atoms with van der Waals surface area (Å²) in [5, 5.41) is 15.2. The van der Waals surface area contributed by atoms with Crippen LogP contribution in [0.2, 0.25) is 20.1 Å². The molecule has 14 heteroatoms. The molecule has 0 saturated carbocycles. The minimum absolute atomic E-state index is 0.0212. The van der Waals surface area contributed by atoms with Crippen molar-refractivity contribution in [3.8, 4) is 11.5 Å². The monoisotopic (exact) mass is 596 g/mol. The highest BCUT2D eigenvalue weighted by Gasteiger charge is 2.24. The third-order valence-electron chi connectivity index (χ3n) is 4.93. The van der Waals surface area contributed by atoms with Gasteiger partial charge in [0.15, 0.2) is 6.20 Å². The summed E-state index contributed by atoms with van der Waals surface area (Å²) in [5.74, 6) is 5.79. The maximum absolute atomic E-state index is 12.7. The molecule has 190 valence electrons. The lowest BCUT2D eigenvalue weighted by molar-refractivity contribution is -0.673. The first-order valence-corrected chi connectivity index (χ1v) is 13.0. The topological polar surface area (TPSA) is 119 Å². The zero-order valence-electron chi connectivity index (χ0n) is 18.8. The van der Waals surface area contributed by atoms with Gasteiger partial charge in [0.25, 0.3) is 11.6 Å². The Morgan fingerprint density at radius 1 is 0.838 bits per heavy atom. The standard InChI is InChI=1S/C23H17Cl4N7O2S/c24-13-5-3-6-14(25)20(13)29-18(35)11-33-10-2-1-9-17(33)22-31-32-23(34(22)28)37-12-19(36)30-21-15(26)7-4-8-16(21)27/h1-10H,11-12H2,(H3-,28,29,30,31,35,36)/p+1. The maximum Gasteiger partial charge on any atom is 0.290 e. The fourth-order valence-electron chi connectivity index (χ4n) is 3.24. The van der Waals surface area contributed by atoms with Crippen molar-refractivity contribution in [3.63, 3.8) is 0 Å². The van der Waals surface area contributed by atoms with Crippen LogP contribution in [0.25, 0.3) is 11.5 Å². The number of carbonyl (C=O) groups is 2. The van der Waals surface area contributed by atoms with E-state index in [1.807, 2.05) is 0 Å². The molecule has 0 atom stereocenters. The van der Waals surface area contributed by atoms with Gasteiger partial charge in [-0.15, -0.1) is 10.2 Å². The van der Waals surface area contributed by atoms with Gasteiger partial charge < -0.3 is 16.5 Å². The number of amides is 2. The minimum Gasteiger partial charge on any atom is -0.335 e. The van der Waals surface area contributed by atoms with Crippen molar-refractivity contribution >= 4 is 81.4 Å². The fraction of sp³-hybridized carbons (Fsp3) is 0.0870. The Morgan fingerprint density at radius 3 is 2.00 bits per heavy atom. The summed E-state index contributed by atoms with van der Waals surface area (Å²) in [5.41, 5.74) is 1.18. The molecule has 0 radical (unpaired) electrons. The van der Waals surface area contributed by atoms with Gasteiger partial charge in [-0.2, -0.15) is 4.57 Å². The van der Waals surface area contributed by atoms with Gasteiger partial charge in [-0.3, -0.25) is 9.59 Å². The summed E-state index contributed by atoms with van der Waals surface area (Å²) in [6.45, 7) is -0.0753. The molecule has 4 aromatic rings. The Balaban J connectivity index is 1.46. The molecular weight excluding hydrogens is 580 g/mol. The Labute approximate surface area is 235 Å². The van der Waals surface area contributed by atoms with E-state index in [9.17, 15) is 9.59 Å². The number of benzene rings is 2. The molecule has 4 N–H and O–H groups in total. The quantitative estimate of drug-likeness (QED) is 0.151. The largest absolute Gasteiger partial charge is 0.335 e. The van der Waals surface area contributed by atoms with Crippen LogP contribution in [0.1, 0.15) is 0 Å². The molecule has 2 heterocycles. The van der Waals surface area contributed by atoms with Crippen molar-refractivity contribution < 1.29 is 14.2 Å². The van der Waals surface area contributed by atoms with Crippen molar-refractivity contribution in [1.29, 1.82) is 0 Å². The van der Waals surface area contributed by atoms with Crippen molar-refractivity contribution in [3.05, 3.63) is 80.9 Å². The molecule has 2 aromatic carbocycles. The third kappa shape index (κ3) is 6.46. The summed E-state index contributed by atoms with van der Waals surface area (Å²) in [4.78, 5) is 25.2. The molecule has 0 aliphatic rings. The normalized spacial score (nSPS) is 10.8. The van der Waals surface area contributed by atoms with Gasteiger partial charge in [-0.25, -0.2) is 4.68 Å². The van der Waals surface area contributed by atoms with Crippen LogP contribution in [0.4, 0.5) is 11.4 Å². The van der Waals surface area contributed by atoms with Gasteiger partial charge in [-0.05, 0) is 30.3 Å². The van der Waals surface area contributed by atoms with Crippen LogP contribution in [0.3, 0.4) is 0 Å². The van der Waals surface area contributed by atoms with Gasteiger partial charge in [-0.1, -0.05) is 70.3 Å². The minimum atomic E-state index is -0.361. The number of nitrogens with zero attached hydrogens (tertiary/aromatic N) is 4. The highest BCUT2D eigenvalue weighted by atomic mass is 35.5. The van der Waals surface area contributed by atoms with E-state index < -0.39 is 0 Å². The zero-order valence-corrected chi connectivity index (χ0v) is 22.6. The predicted molar refractivity (Wildman–Crippen MR) is 147 cm³/mol. The van der Waals surface area contributed by atoms with Crippen LogP contribution >= 0.6 is 58.2 Å². The molecule has 0 spiro atoms. The first kappa shape index (κ1) is 27.0. The second-order valence-electron chi connectivity index (χ2n) is 7.47. The number of nitrogens with two attached hydrogens (primary N) is 1. The lowest BCUT2D eigenvalue weighted by Crippen LogP contribution is -2.42. The Hall–Kier alpha value is -3.02. The van der Waals surface area contributed by atoms with E-state index in [0.717, 1.165) is 11.8 Å². The van der Waals surface area contributed by atoms with Gasteiger partial charge in [0, 0.05) is 12.1 Å². The molecule has 2 amide bonds. The molecule has 0 aliphatic carbocycles. The summed E-state index contributed by atoms with van der Waals surface area (Å²) in [6, 6.07) is 15.1. The number of aromatic nitrogens is 4. The van der Waals surface area contributed by atoms with Crippen LogP contribution in [0.5, 0.6) is 0 Å². The van der Waals surface area contributed by atoms with E-state index in [2.05, 4.69) is 20.8 Å². The van der Waals surface area contributed by atoms with Gasteiger partial charge in [0.1, 0.15) is 0 Å². The predicted octanol–water partition coefficient (Wildman–Crippen LogP) is 4.93. The van der Waals surface area contributed by atoms with E-state index in [-0.39, 0.29) is 29.3 Å². The second-order valence-corrected chi connectivity index (χ2v) is 10.0. The Bertz CT molecular complexity index is 1440. The van der Waals surface area contributed by atoms with E-state index >= 15 is 0 Å². The number of pyridine rings is 1. The number of hydrogen-bond acceptors (Lipinski definition) is 6. The van der Waals surface area contributed by atoms with Crippen molar-refractivity contribution in [1.82, 2.24) is 14.9 Å². The molecule has 4 rings (SSSR count). The molecule has 0 fully saturated rings. The van der Waals surface area contributed by atoms with Crippen LogP contribution in [0.15, 0.2) is 66.0 Å². The molecule has 0 aliphatic heterocycles. The maximum atomic E-state index is 12.7. The number of hydrogen-bond donors (Lipinski definition) is 3. The summed E-state index contributed by atoms with van der Waals surface area (Å²) < 4.78 is 2.89. The Morgan fingerprint density at radius 2 is 1.41 bits per heavy atom. The smallest absolute Gasteiger partial charge is 0.290 e.